The Morgan fingerprint density at radius 2 is 2.05 bits per heavy atom. The van der Waals surface area contributed by atoms with Crippen LogP contribution in [0.3, 0.4) is 0 Å². The van der Waals surface area contributed by atoms with E-state index < -0.39 is 16.0 Å². The van der Waals surface area contributed by atoms with Gasteiger partial charge in [-0.1, -0.05) is 11.6 Å². The number of rotatable bonds is 4. The lowest BCUT2D eigenvalue weighted by Gasteiger charge is -2.17. The van der Waals surface area contributed by atoms with E-state index in [1.807, 2.05) is 0 Å². The first-order valence-electron chi connectivity index (χ1n) is 5.45. The third-order valence-corrected chi connectivity index (χ3v) is 6.12. The van der Waals surface area contributed by atoms with Crippen LogP contribution in [0.1, 0.15) is 23.2 Å². The molecule has 5 nitrogen and oxygen atoms in total. The molecule has 0 aliphatic heterocycles. The number of aromatic carboxylic acids is 1. The summed E-state index contributed by atoms with van der Waals surface area (Å²) in [6, 6.07) is 2.42. The summed E-state index contributed by atoms with van der Waals surface area (Å²) in [5.41, 5.74) is -0.237. The van der Waals surface area contributed by atoms with E-state index in [4.69, 9.17) is 16.7 Å². The molecule has 1 aliphatic rings. The Hall–Kier alpha value is -0.630. The zero-order valence-electron chi connectivity index (χ0n) is 9.93. The van der Waals surface area contributed by atoms with Gasteiger partial charge in [0.15, 0.2) is 0 Å². The molecule has 1 aromatic rings. The first kappa shape index (κ1) is 14.8. The van der Waals surface area contributed by atoms with Gasteiger partial charge < -0.3 is 5.11 Å². The summed E-state index contributed by atoms with van der Waals surface area (Å²) in [6.07, 6.45) is 1.66. The summed E-state index contributed by atoms with van der Waals surface area (Å²) < 4.78 is 26.2. The van der Waals surface area contributed by atoms with E-state index in [1.165, 1.54) is 17.4 Å². The van der Waals surface area contributed by atoms with Crippen LogP contribution < -0.4 is 0 Å². The van der Waals surface area contributed by atoms with E-state index in [0.717, 1.165) is 18.9 Å². The maximum absolute atomic E-state index is 12.3. The first-order valence-corrected chi connectivity index (χ1v) is 8.06. The van der Waals surface area contributed by atoms with Crippen molar-refractivity contribution >= 4 is 43.5 Å². The molecule has 0 aromatic heterocycles. The second-order valence-corrected chi connectivity index (χ2v) is 7.55. The van der Waals surface area contributed by atoms with Crippen molar-refractivity contribution in [1.82, 2.24) is 4.31 Å². The molecular weight excluding hydrogens is 358 g/mol. The summed E-state index contributed by atoms with van der Waals surface area (Å²) in [6.45, 7) is 0. The Morgan fingerprint density at radius 1 is 1.47 bits per heavy atom. The van der Waals surface area contributed by atoms with Crippen molar-refractivity contribution < 1.29 is 18.3 Å². The van der Waals surface area contributed by atoms with E-state index in [0.29, 0.717) is 0 Å². The molecular formula is C11H11BrClNO4S. The largest absolute Gasteiger partial charge is 0.478 e. The van der Waals surface area contributed by atoms with Crippen molar-refractivity contribution in [3.8, 4) is 0 Å². The van der Waals surface area contributed by atoms with Crippen LogP contribution in [-0.4, -0.2) is 36.9 Å². The molecule has 0 bridgehead atoms. The van der Waals surface area contributed by atoms with Crippen LogP contribution in [0.25, 0.3) is 0 Å². The van der Waals surface area contributed by atoms with Gasteiger partial charge in [-0.2, -0.15) is 4.31 Å². The van der Waals surface area contributed by atoms with Gasteiger partial charge in [0.05, 0.1) is 15.5 Å². The minimum atomic E-state index is -3.69. The van der Waals surface area contributed by atoms with Gasteiger partial charge in [0.25, 0.3) is 0 Å². The molecule has 19 heavy (non-hydrogen) atoms. The summed E-state index contributed by atoms with van der Waals surface area (Å²) >= 11 is 8.91. The van der Waals surface area contributed by atoms with Crippen LogP contribution in [0.2, 0.25) is 5.02 Å². The maximum atomic E-state index is 12.3. The van der Waals surface area contributed by atoms with Crippen LogP contribution in [0.15, 0.2) is 21.5 Å². The number of carboxylic acid groups (broad SMARTS) is 1. The summed E-state index contributed by atoms with van der Waals surface area (Å²) in [4.78, 5) is 11.0. The average molecular weight is 369 g/mol. The average Bonchev–Trinajstić information content (AvgIpc) is 3.14. The van der Waals surface area contributed by atoms with Gasteiger partial charge in [0, 0.05) is 17.6 Å². The molecule has 0 heterocycles. The van der Waals surface area contributed by atoms with Crippen LogP contribution in [0.4, 0.5) is 0 Å². The highest BCUT2D eigenvalue weighted by Gasteiger charge is 2.35. The van der Waals surface area contributed by atoms with Crippen molar-refractivity contribution in [2.24, 2.45) is 0 Å². The van der Waals surface area contributed by atoms with E-state index in [1.54, 1.807) is 0 Å². The second kappa shape index (κ2) is 5.05. The molecule has 1 fully saturated rings. The highest BCUT2D eigenvalue weighted by molar-refractivity contribution is 9.10. The second-order valence-electron chi connectivity index (χ2n) is 4.32. The van der Waals surface area contributed by atoms with Crippen LogP contribution >= 0.6 is 27.5 Å². The number of hydrogen-bond donors (Lipinski definition) is 1. The standard InChI is InChI=1S/C11H11BrClNO4S/c1-14(6-2-3-6)19(17,18)7-4-8(11(15)16)10(13)9(12)5-7/h4-6H,2-3H2,1H3,(H,15,16). The SMILES string of the molecule is CN(C1CC1)S(=O)(=O)c1cc(Br)c(Cl)c(C(=O)O)c1. The normalized spacial score (nSPS) is 15.8. The molecule has 1 aromatic carbocycles. The van der Waals surface area contributed by atoms with Crippen molar-refractivity contribution in [2.75, 3.05) is 7.05 Å². The zero-order chi connectivity index (χ0) is 14.4. The van der Waals surface area contributed by atoms with Gasteiger partial charge >= 0.3 is 5.97 Å². The third-order valence-electron chi connectivity index (χ3n) is 2.97. The smallest absolute Gasteiger partial charge is 0.337 e. The first-order chi connectivity index (χ1) is 8.75. The van der Waals surface area contributed by atoms with Crippen molar-refractivity contribution in [3.63, 3.8) is 0 Å². The fourth-order valence-electron chi connectivity index (χ4n) is 1.67. The van der Waals surface area contributed by atoms with Gasteiger partial charge in [-0.15, -0.1) is 0 Å². The van der Waals surface area contributed by atoms with Crippen LogP contribution in [0.5, 0.6) is 0 Å². The molecule has 2 rings (SSSR count). The molecule has 0 saturated heterocycles. The van der Waals surface area contributed by atoms with Gasteiger partial charge in [-0.05, 0) is 40.9 Å². The topological polar surface area (TPSA) is 74.7 Å². The molecule has 0 radical (unpaired) electrons. The fourth-order valence-corrected chi connectivity index (χ4v) is 3.94. The van der Waals surface area contributed by atoms with Crippen LogP contribution in [0, 0.1) is 0 Å². The monoisotopic (exact) mass is 367 g/mol. The Balaban J connectivity index is 2.53. The predicted molar refractivity (Wildman–Crippen MR) is 74.1 cm³/mol. The molecule has 1 aliphatic carbocycles. The third kappa shape index (κ3) is 2.79. The minimum absolute atomic E-state index is 0.00716. The molecule has 0 unspecified atom stereocenters. The molecule has 0 amide bonds. The van der Waals surface area contributed by atoms with Gasteiger partial charge in [0.1, 0.15) is 0 Å². The molecule has 8 heteroatoms. The summed E-state index contributed by atoms with van der Waals surface area (Å²) in [7, 11) is -2.19. The number of carboxylic acids is 1. The Labute approximate surface area is 124 Å². The van der Waals surface area contributed by atoms with Crippen LogP contribution in [-0.2, 0) is 10.0 Å². The van der Waals surface area contributed by atoms with Crippen molar-refractivity contribution in [1.29, 1.82) is 0 Å². The minimum Gasteiger partial charge on any atom is -0.478 e. The number of sulfonamides is 1. The lowest BCUT2D eigenvalue weighted by Crippen LogP contribution is -2.29. The quantitative estimate of drug-likeness (QED) is 0.886. The highest BCUT2D eigenvalue weighted by atomic mass is 79.9. The lowest BCUT2D eigenvalue weighted by atomic mass is 10.2. The number of hydrogen-bond acceptors (Lipinski definition) is 3. The van der Waals surface area contributed by atoms with Gasteiger partial charge in [0.2, 0.25) is 10.0 Å². The van der Waals surface area contributed by atoms with Gasteiger partial charge in [-0.3, -0.25) is 0 Å². The zero-order valence-corrected chi connectivity index (χ0v) is 13.1. The molecule has 104 valence electrons. The number of benzene rings is 1. The molecule has 1 N–H and O–H groups in total. The number of nitrogens with zero attached hydrogens (tertiary/aromatic N) is 1. The fraction of sp³-hybridized carbons (Fsp3) is 0.364. The van der Waals surface area contributed by atoms with Crippen molar-refractivity contribution in [3.05, 3.63) is 27.2 Å². The number of halogens is 2. The molecule has 0 atom stereocenters. The van der Waals surface area contributed by atoms with E-state index >= 15 is 0 Å². The van der Waals surface area contributed by atoms with E-state index in [9.17, 15) is 13.2 Å². The molecule has 1 saturated carbocycles. The Bertz CT molecular complexity index is 642. The maximum Gasteiger partial charge on any atom is 0.337 e. The molecule has 0 spiro atoms. The Kier molecular flexibility index (Phi) is 3.92. The van der Waals surface area contributed by atoms with Crippen molar-refractivity contribution in [2.45, 2.75) is 23.8 Å². The predicted octanol–water partition coefficient (Wildman–Crippen LogP) is 2.58. The van der Waals surface area contributed by atoms with E-state index in [-0.39, 0.29) is 26.0 Å². The number of carbonyl (C=O) groups is 1. The summed E-state index contributed by atoms with van der Waals surface area (Å²) in [5, 5.41) is 9.01. The summed E-state index contributed by atoms with van der Waals surface area (Å²) in [5.74, 6) is -1.27. The van der Waals surface area contributed by atoms with E-state index in [2.05, 4.69) is 15.9 Å². The lowest BCUT2D eigenvalue weighted by molar-refractivity contribution is 0.0696. The Morgan fingerprint density at radius 3 is 2.53 bits per heavy atom. The van der Waals surface area contributed by atoms with Gasteiger partial charge in [-0.25, -0.2) is 13.2 Å². The highest BCUT2D eigenvalue weighted by Crippen LogP contribution is 2.34.